The second-order valence-electron chi connectivity index (χ2n) is 9.16. The van der Waals surface area contributed by atoms with Crippen molar-refractivity contribution in [2.75, 3.05) is 0 Å². The molecule has 3 aromatic heterocycles. The second kappa shape index (κ2) is 7.27. The van der Waals surface area contributed by atoms with Crippen molar-refractivity contribution in [2.24, 2.45) is 0 Å². The van der Waals surface area contributed by atoms with Gasteiger partial charge < -0.3 is 4.57 Å². The van der Waals surface area contributed by atoms with Gasteiger partial charge in [0.15, 0.2) is 0 Å². The molecule has 8 rings (SSSR count). The molecule has 0 radical (unpaired) electrons. The summed E-state index contributed by atoms with van der Waals surface area (Å²) in [6.45, 7) is 0. The Hall–Kier alpha value is -4.96. The third-order valence-corrected chi connectivity index (χ3v) is 7.24. The van der Waals surface area contributed by atoms with Gasteiger partial charge in [0.2, 0.25) is 0 Å². The molecule has 4 nitrogen and oxygen atoms in total. The Labute approximate surface area is 206 Å². The van der Waals surface area contributed by atoms with Gasteiger partial charge in [-0.15, -0.1) is 0 Å². The smallest absolute Gasteiger partial charge is 0.140 e. The predicted molar refractivity (Wildman–Crippen MR) is 148 cm³/mol. The maximum atomic E-state index is 4.67. The minimum absolute atomic E-state index is 0.866. The summed E-state index contributed by atoms with van der Waals surface area (Å²) in [7, 11) is 0. The first-order valence-electron chi connectivity index (χ1n) is 12.1. The van der Waals surface area contributed by atoms with Crippen molar-refractivity contribution in [3.63, 3.8) is 0 Å². The van der Waals surface area contributed by atoms with Crippen molar-refractivity contribution >= 4 is 54.4 Å². The molecule has 0 saturated carbocycles. The molecule has 0 saturated heterocycles. The molecule has 5 aromatic carbocycles. The molecule has 36 heavy (non-hydrogen) atoms. The molecular formula is C32H20N4. The molecule has 0 aliphatic rings. The van der Waals surface area contributed by atoms with Crippen molar-refractivity contribution in [1.82, 2.24) is 19.1 Å². The lowest BCUT2D eigenvalue weighted by atomic mass is 10.0. The van der Waals surface area contributed by atoms with E-state index in [4.69, 9.17) is 0 Å². The van der Waals surface area contributed by atoms with Gasteiger partial charge in [-0.25, -0.2) is 9.97 Å². The second-order valence-corrected chi connectivity index (χ2v) is 9.16. The number of nitrogens with zero attached hydrogens (tertiary/aromatic N) is 4. The Kier molecular flexibility index (Phi) is 3.91. The minimum atomic E-state index is 0.866. The van der Waals surface area contributed by atoms with Crippen LogP contribution < -0.4 is 0 Å². The quantitative estimate of drug-likeness (QED) is 0.264. The molecular weight excluding hydrogens is 440 g/mol. The van der Waals surface area contributed by atoms with Crippen molar-refractivity contribution in [3.8, 4) is 11.5 Å². The Morgan fingerprint density at radius 1 is 0.528 bits per heavy atom. The average molecular weight is 461 g/mol. The van der Waals surface area contributed by atoms with Crippen molar-refractivity contribution < 1.29 is 0 Å². The first-order chi connectivity index (χ1) is 17.9. The van der Waals surface area contributed by atoms with Gasteiger partial charge in [0.1, 0.15) is 12.1 Å². The molecule has 3 heterocycles. The van der Waals surface area contributed by atoms with E-state index >= 15 is 0 Å². The monoisotopic (exact) mass is 460 g/mol. The van der Waals surface area contributed by atoms with Crippen molar-refractivity contribution in [1.29, 1.82) is 0 Å². The summed E-state index contributed by atoms with van der Waals surface area (Å²) in [5.41, 5.74) is 5.83. The van der Waals surface area contributed by atoms with E-state index in [9.17, 15) is 0 Å². The van der Waals surface area contributed by atoms with Crippen LogP contribution >= 0.6 is 0 Å². The first kappa shape index (κ1) is 19.4. The van der Waals surface area contributed by atoms with Gasteiger partial charge in [0, 0.05) is 33.4 Å². The number of para-hydroxylation sites is 2. The van der Waals surface area contributed by atoms with E-state index in [0.717, 1.165) is 17.0 Å². The minimum Gasteiger partial charge on any atom is -0.309 e. The zero-order valence-electron chi connectivity index (χ0n) is 19.3. The number of benzene rings is 5. The number of hydrogen-bond acceptors (Lipinski definition) is 2. The van der Waals surface area contributed by atoms with Crippen LogP contribution in [0, 0.1) is 0 Å². The van der Waals surface area contributed by atoms with Gasteiger partial charge in [-0.2, -0.15) is 0 Å². The van der Waals surface area contributed by atoms with Crippen LogP contribution in [0.2, 0.25) is 0 Å². The summed E-state index contributed by atoms with van der Waals surface area (Å²) in [6.07, 6.45) is 3.43. The summed E-state index contributed by atoms with van der Waals surface area (Å²) < 4.78 is 4.68. The van der Waals surface area contributed by atoms with E-state index in [1.165, 1.54) is 48.9 Å². The maximum Gasteiger partial charge on any atom is 0.140 e. The molecule has 0 amide bonds. The normalized spacial score (nSPS) is 11.9. The summed E-state index contributed by atoms with van der Waals surface area (Å²) in [6, 6.07) is 39.0. The highest BCUT2D eigenvalue weighted by Crippen LogP contribution is 2.42. The van der Waals surface area contributed by atoms with Crippen molar-refractivity contribution in [2.45, 2.75) is 0 Å². The fraction of sp³-hybridized carbons (Fsp3) is 0. The third kappa shape index (κ3) is 2.58. The van der Waals surface area contributed by atoms with E-state index in [0.29, 0.717) is 0 Å². The summed E-state index contributed by atoms with van der Waals surface area (Å²) in [5.74, 6) is 0.866. The van der Waals surface area contributed by atoms with E-state index in [1.807, 2.05) is 12.3 Å². The van der Waals surface area contributed by atoms with Crippen molar-refractivity contribution in [3.05, 3.63) is 122 Å². The molecule has 168 valence electrons. The van der Waals surface area contributed by atoms with Gasteiger partial charge in [-0.05, 0) is 53.2 Å². The van der Waals surface area contributed by atoms with Gasteiger partial charge in [-0.1, -0.05) is 66.7 Å². The van der Waals surface area contributed by atoms with Crippen LogP contribution in [0.25, 0.3) is 65.9 Å². The SMILES string of the molecule is c1ccc(-n2c3cc4ccccc4cc3c3c2ccc2c4ccccc4n(-c4ccncn4)c23)cc1. The predicted octanol–water partition coefficient (Wildman–Crippen LogP) is 7.82. The summed E-state index contributed by atoms with van der Waals surface area (Å²) in [5, 5.41) is 7.37. The summed E-state index contributed by atoms with van der Waals surface area (Å²) >= 11 is 0. The van der Waals surface area contributed by atoms with Gasteiger partial charge in [0.05, 0.1) is 22.1 Å². The highest BCUT2D eigenvalue weighted by atomic mass is 15.1. The largest absolute Gasteiger partial charge is 0.309 e. The standard InChI is InChI=1S/C32H20N4/c1-2-10-23(11-3-1)35-28-15-14-25-24-12-6-7-13-27(24)36(30-16-17-33-20-34-30)32(25)31(28)26-18-21-8-4-5-9-22(21)19-29(26)35/h1-20H. The van der Waals surface area contributed by atoms with Crippen LogP contribution in [-0.4, -0.2) is 19.1 Å². The number of hydrogen-bond donors (Lipinski definition) is 0. The van der Waals surface area contributed by atoms with E-state index in [-0.39, 0.29) is 0 Å². The van der Waals surface area contributed by atoms with Gasteiger partial charge in [0.25, 0.3) is 0 Å². The molecule has 0 fully saturated rings. The first-order valence-corrected chi connectivity index (χ1v) is 12.1. The van der Waals surface area contributed by atoms with Crippen LogP contribution in [0.5, 0.6) is 0 Å². The van der Waals surface area contributed by atoms with Gasteiger partial charge in [-0.3, -0.25) is 4.57 Å². The van der Waals surface area contributed by atoms with E-state index < -0.39 is 0 Å². The number of fused-ring (bicyclic) bond motifs is 8. The molecule has 8 aromatic rings. The van der Waals surface area contributed by atoms with Crippen LogP contribution in [0.1, 0.15) is 0 Å². The van der Waals surface area contributed by atoms with E-state index in [1.54, 1.807) is 6.33 Å². The van der Waals surface area contributed by atoms with Crippen LogP contribution in [0.4, 0.5) is 0 Å². The lowest BCUT2D eigenvalue weighted by Gasteiger charge is -2.09. The molecule has 0 bridgehead atoms. The molecule has 0 unspecified atom stereocenters. The molecule has 0 spiro atoms. The number of rotatable bonds is 2. The Morgan fingerprint density at radius 3 is 2.14 bits per heavy atom. The highest BCUT2D eigenvalue weighted by Gasteiger charge is 2.21. The third-order valence-electron chi connectivity index (χ3n) is 7.24. The molecule has 0 atom stereocenters. The highest BCUT2D eigenvalue weighted by molar-refractivity contribution is 6.27. The Bertz CT molecular complexity index is 2080. The molecule has 4 heteroatoms. The van der Waals surface area contributed by atoms with Gasteiger partial charge >= 0.3 is 0 Å². The molecule has 0 aliphatic heterocycles. The van der Waals surface area contributed by atoms with Crippen LogP contribution in [-0.2, 0) is 0 Å². The fourth-order valence-electron chi connectivity index (χ4n) is 5.75. The fourth-order valence-corrected chi connectivity index (χ4v) is 5.75. The number of aromatic nitrogens is 4. The zero-order chi connectivity index (χ0) is 23.6. The molecule has 0 N–H and O–H groups in total. The summed E-state index contributed by atoms with van der Waals surface area (Å²) in [4.78, 5) is 8.85. The molecule has 0 aliphatic carbocycles. The van der Waals surface area contributed by atoms with E-state index in [2.05, 4.69) is 122 Å². The maximum absolute atomic E-state index is 4.67. The average Bonchev–Trinajstić information content (AvgIpc) is 3.45. The lowest BCUT2D eigenvalue weighted by Crippen LogP contribution is -1.97. The van der Waals surface area contributed by atoms with Crippen LogP contribution in [0.3, 0.4) is 0 Å². The lowest BCUT2D eigenvalue weighted by molar-refractivity contribution is 1.04. The Balaban J connectivity index is 1.68. The topological polar surface area (TPSA) is 35.6 Å². The zero-order valence-corrected chi connectivity index (χ0v) is 19.3. The van der Waals surface area contributed by atoms with Crippen LogP contribution in [0.15, 0.2) is 122 Å². The Morgan fingerprint density at radius 2 is 1.31 bits per heavy atom.